The van der Waals surface area contributed by atoms with Crippen LogP contribution in [0.25, 0.3) is 0 Å². The van der Waals surface area contributed by atoms with Crippen LogP contribution in [0, 0.1) is 10.1 Å². The first-order valence-corrected chi connectivity index (χ1v) is 9.01. The van der Waals surface area contributed by atoms with Gasteiger partial charge in [-0.15, -0.1) is 0 Å². The number of rotatable bonds is 4. The molecule has 0 aromatic heterocycles. The Labute approximate surface area is 160 Å². The van der Waals surface area contributed by atoms with Gasteiger partial charge in [-0.1, -0.05) is 23.2 Å². The van der Waals surface area contributed by atoms with Crippen LogP contribution in [0.3, 0.4) is 0 Å². The Hall–Kier alpha value is -2.31. The van der Waals surface area contributed by atoms with Crippen LogP contribution in [0.1, 0.15) is 29.6 Å². The van der Waals surface area contributed by atoms with Gasteiger partial charge in [-0.2, -0.15) is 0 Å². The summed E-state index contributed by atoms with van der Waals surface area (Å²) in [7, 11) is 0. The van der Waals surface area contributed by atoms with Gasteiger partial charge in [-0.3, -0.25) is 14.9 Å². The van der Waals surface area contributed by atoms with E-state index >= 15 is 0 Å². The van der Waals surface area contributed by atoms with Crippen molar-refractivity contribution in [3.63, 3.8) is 0 Å². The van der Waals surface area contributed by atoms with E-state index in [1.54, 1.807) is 12.1 Å². The van der Waals surface area contributed by atoms with Gasteiger partial charge in [-0.05, 0) is 43.5 Å². The quantitative estimate of drug-likeness (QED) is 0.575. The van der Waals surface area contributed by atoms with Crippen LogP contribution >= 0.6 is 23.2 Å². The van der Waals surface area contributed by atoms with Crippen LogP contribution < -0.4 is 10.2 Å². The average Bonchev–Trinajstić information content (AvgIpc) is 2.62. The number of halogens is 2. The molecular weight excluding hydrogens is 377 g/mol. The number of hydrogen-bond donors (Lipinski definition) is 1. The molecule has 0 aliphatic carbocycles. The van der Waals surface area contributed by atoms with Gasteiger partial charge in [0.05, 0.1) is 26.2 Å². The van der Waals surface area contributed by atoms with Crippen molar-refractivity contribution in [3.8, 4) is 0 Å². The molecule has 1 N–H and O–H groups in total. The molecule has 2 aromatic rings. The zero-order chi connectivity index (χ0) is 18.7. The highest BCUT2D eigenvalue weighted by Gasteiger charge is 2.18. The Morgan fingerprint density at radius 2 is 1.77 bits per heavy atom. The molecule has 0 radical (unpaired) electrons. The maximum Gasteiger partial charge on any atom is 0.270 e. The lowest BCUT2D eigenvalue weighted by molar-refractivity contribution is -0.384. The lowest BCUT2D eigenvalue weighted by Crippen LogP contribution is -2.29. The molecule has 1 fully saturated rings. The number of piperidine rings is 1. The summed E-state index contributed by atoms with van der Waals surface area (Å²) in [6.07, 6.45) is 3.51. The van der Waals surface area contributed by atoms with Crippen molar-refractivity contribution in [2.24, 2.45) is 0 Å². The van der Waals surface area contributed by atoms with E-state index in [-0.39, 0.29) is 16.3 Å². The normalized spacial score (nSPS) is 14.2. The molecule has 0 bridgehead atoms. The predicted molar refractivity (Wildman–Crippen MR) is 104 cm³/mol. The van der Waals surface area contributed by atoms with E-state index in [1.165, 1.54) is 18.6 Å². The number of non-ortho nitro benzene ring substituents is 1. The largest absolute Gasteiger partial charge is 0.370 e. The Bertz CT molecular complexity index is 852. The Kier molecular flexibility index (Phi) is 5.64. The number of carbonyl (C=O) groups is 1. The first-order valence-electron chi connectivity index (χ1n) is 8.25. The molecule has 2 aromatic carbocycles. The van der Waals surface area contributed by atoms with Crippen LogP contribution in [0.5, 0.6) is 0 Å². The second-order valence-electron chi connectivity index (χ2n) is 6.09. The number of benzene rings is 2. The first-order chi connectivity index (χ1) is 12.5. The number of nitrogens with zero attached hydrogens (tertiary/aromatic N) is 2. The van der Waals surface area contributed by atoms with E-state index in [0.717, 1.165) is 37.7 Å². The van der Waals surface area contributed by atoms with Crippen molar-refractivity contribution in [1.82, 2.24) is 0 Å². The summed E-state index contributed by atoms with van der Waals surface area (Å²) < 4.78 is 0. The van der Waals surface area contributed by atoms with Gasteiger partial charge in [0, 0.05) is 30.9 Å². The number of carbonyl (C=O) groups excluding carboxylic acids is 1. The Balaban J connectivity index is 1.78. The molecule has 136 valence electrons. The van der Waals surface area contributed by atoms with Gasteiger partial charge in [-0.25, -0.2) is 0 Å². The minimum atomic E-state index is -0.572. The van der Waals surface area contributed by atoms with E-state index in [4.69, 9.17) is 23.2 Å². The lowest BCUT2D eigenvalue weighted by atomic mass is 10.1. The third-order valence-corrected chi connectivity index (χ3v) is 4.94. The number of nitrogens with one attached hydrogen (secondary N) is 1. The van der Waals surface area contributed by atoms with Gasteiger partial charge in [0.1, 0.15) is 0 Å². The van der Waals surface area contributed by atoms with E-state index in [1.807, 2.05) is 6.07 Å². The van der Waals surface area contributed by atoms with E-state index in [9.17, 15) is 14.9 Å². The third kappa shape index (κ3) is 4.08. The summed E-state index contributed by atoms with van der Waals surface area (Å²) in [6, 6.07) is 9.05. The Morgan fingerprint density at radius 3 is 2.42 bits per heavy atom. The summed E-state index contributed by atoms with van der Waals surface area (Å²) in [5.41, 5.74) is 1.29. The summed E-state index contributed by atoms with van der Waals surface area (Å²) in [5, 5.41) is 14.3. The first kappa shape index (κ1) is 18.5. The summed E-state index contributed by atoms with van der Waals surface area (Å²) >= 11 is 12.4. The number of nitro groups is 1. The molecule has 0 saturated carbocycles. The molecule has 1 saturated heterocycles. The van der Waals surface area contributed by atoms with Gasteiger partial charge in [0.2, 0.25) is 0 Å². The fourth-order valence-electron chi connectivity index (χ4n) is 2.98. The summed E-state index contributed by atoms with van der Waals surface area (Å²) in [4.78, 5) is 25.0. The highest BCUT2D eigenvalue weighted by atomic mass is 35.5. The topological polar surface area (TPSA) is 75.5 Å². The zero-order valence-electron chi connectivity index (χ0n) is 13.9. The highest BCUT2D eigenvalue weighted by Crippen LogP contribution is 2.31. The monoisotopic (exact) mass is 393 g/mol. The van der Waals surface area contributed by atoms with Crippen molar-refractivity contribution in [1.29, 1.82) is 0 Å². The molecule has 0 atom stereocenters. The molecule has 8 heteroatoms. The van der Waals surface area contributed by atoms with Crippen LogP contribution in [0.15, 0.2) is 36.4 Å². The molecule has 0 unspecified atom stereocenters. The predicted octanol–water partition coefficient (Wildman–Crippen LogP) is 5.14. The molecule has 1 heterocycles. The lowest BCUT2D eigenvalue weighted by Gasteiger charge is -2.29. The molecular formula is C18H17Cl2N3O3. The van der Waals surface area contributed by atoms with Crippen LogP contribution in [-0.4, -0.2) is 23.9 Å². The molecule has 3 rings (SSSR count). The van der Waals surface area contributed by atoms with Crippen molar-refractivity contribution in [2.75, 3.05) is 23.3 Å². The summed E-state index contributed by atoms with van der Waals surface area (Å²) in [6.45, 7) is 1.93. The molecule has 0 spiro atoms. The van der Waals surface area contributed by atoms with Crippen molar-refractivity contribution in [3.05, 3.63) is 62.1 Å². The van der Waals surface area contributed by atoms with Crippen molar-refractivity contribution in [2.45, 2.75) is 19.3 Å². The van der Waals surface area contributed by atoms with Gasteiger partial charge in [0.25, 0.3) is 11.6 Å². The van der Waals surface area contributed by atoms with E-state index < -0.39 is 10.8 Å². The number of anilines is 2. The standard InChI is InChI=1S/C18H17Cl2N3O3/c19-15-6-5-13(23(25)26)11-14(15)18(24)21-12-4-7-17(16(20)10-12)22-8-2-1-3-9-22/h4-7,10-11H,1-3,8-9H2,(H,21,24). The molecule has 1 aliphatic rings. The van der Waals surface area contributed by atoms with Crippen molar-refractivity contribution < 1.29 is 9.72 Å². The zero-order valence-corrected chi connectivity index (χ0v) is 15.4. The van der Waals surface area contributed by atoms with Crippen LogP contribution in [-0.2, 0) is 0 Å². The second kappa shape index (κ2) is 7.93. The SMILES string of the molecule is O=C(Nc1ccc(N2CCCCC2)c(Cl)c1)c1cc([N+](=O)[O-])ccc1Cl. The fraction of sp³-hybridized carbons (Fsp3) is 0.278. The summed E-state index contributed by atoms with van der Waals surface area (Å²) in [5.74, 6) is -0.527. The Morgan fingerprint density at radius 1 is 1.04 bits per heavy atom. The number of nitro benzene ring substituents is 1. The van der Waals surface area contributed by atoms with Gasteiger partial charge >= 0.3 is 0 Å². The van der Waals surface area contributed by atoms with Crippen molar-refractivity contribution >= 4 is 46.2 Å². The number of hydrogen-bond acceptors (Lipinski definition) is 4. The molecule has 1 aliphatic heterocycles. The molecule has 26 heavy (non-hydrogen) atoms. The molecule has 1 amide bonds. The van der Waals surface area contributed by atoms with E-state index in [2.05, 4.69) is 10.2 Å². The maximum atomic E-state index is 12.4. The van der Waals surface area contributed by atoms with Crippen LogP contribution in [0.4, 0.5) is 17.1 Å². The number of amides is 1. The minimum absolute atomic E-state index is 0.0390. The fourth-order valence-corrected chi connectivity index (χ4v) is 3.48. The highest BCUT2D eigenvalue weighted by molar-refractivity contribution is 6.35. The maximum absolute atomic E-state index is 12.4. The van der Waals surface area contributed by atoms with E-state index in [0.29, 0.717) is 10.7 Å². The third-order valence-electron chi connectivity index (χ3n) is 4.31. The minimum Gasteiger partial charge on any atom is -0.370 e. The van der Waals surface area contributed by atoms with Crippen LogP contribution in [0.2, 0.25) is 10.0 Å². The smallest absolute Gasteiger partial charge is 0.270 e. The van der Waals surface area contributed by atoms with Gasteiger partial charge < -0.3 is 10.2 Å². The average molecular weight is 394 g/mol. The second-order valence-corrected chi connectivity index (χ2v) is 6.90. The molecule has 6 nitrogen and oxygen atoms in total. The van der Waals surface area contributed by atoms with Gasteiger partial charge in [0.15, 0.2) is 0 Å².